The maximum Gasteiger partial charge on any atom is 0.0540 e. The second-order valence-corrected chi connectivity index (χ2v) is 5.39. The van der Waals surface area contributed by atoms with E-state index in [2.05, 4.69) is 40.2 Å². The maximum atomic E-state index is 4.50. The Morgan fingerprint density at radius 1 is 1.25 bits per heavy atom. The second kappa shape index (κ2) is 5.79. The highest BCUT2D eigenvalue weighted by Crippen LogP contribution is 2.29. The van der Waals surface area contributed by atoms with E-state index in [4.69, 9.17) is 0 Å². The van der Waals surface area contributed by atoms with Crippen molar-refractivity contribution in [3.05, 3.63) is 35.4 Å². The number of nitrogens with zero attached hydrogens (tertiary/aromatic N) is 4. The van der Waals surface area contributed by atoms with Crippen molar-refractivity contribution in [2.24, 2.45) is 0 Å². The van der Waals surface area contributed by atoms with Crippen LogP contribution in [0.2, 0.25) is 0 Å². The summed E-state index contributed by atoms with van der Waals surface area (Å²) >= 11 is 0. The topological polar surface area (TPSA) is 47.7 Å². The first-order chi connectivity index (χ1) is 9.81. The molecule has 0 aliphatic heterocycles. The van der Waals surface area contributed by atoms with Gasteiger partial charge >= 0.3 is 0 Å². The van der Waals surface area contributed by atoms with Crippen molar-refractivity contribution in [3.8, 4) is 0 Å². The minimum absolute atomic E-state index is 0.434. The molecule has 2 aromatic heterocycles. The molecule has 1 aliphatic carbocycles. The minimum atomic E-state index is 0.434. The van der Waals surface area contributed by atoms with Crippen LogP contribution in [-0.2, 0) is 26.1 Å². The number of hydrogen-bond donors (Lipinski definition) is 1. The Kier molecular flexibility index (Phi) is 3.87. The van der Waals surface area contributed by atoms with Crippen LogP contribution in [0.4, 0.5) is 0 Å². The van der Waals surface area contributed by atoms with E-state index in [0.29, 0.717) is 6.04 Å². The van der Waals surface area contributed by atoms with Crippen molar-refractivity contribution < 1.29 is 0 Å². The normalized spacial score (nSPS) is 18.2. The third kappa shape index (κ3) is 2.50. The Bertz CT molecular complexity index is 569. The Hall–Kier alpha value is -1.62. The zero-order valence-electron chi connectivity index (χ0n) is 12.3. The lowest BCUT2D eigenvalue weighted by Crippen LogP contribution is -2.25. The molecule has 5 nitrogen and oxygen atoms in total. The van der Waals surface area contributed by atoms with Crippen molar-refractivity contribution in [2.75, 3.05) is 0 Å². The fraction of sp³-hybridized carbons (Fsp3) is 0.600. The summed E-state index contributed by atoms with van der Waals surface area (Å²) < 4.78 is 4.11. The zero-order valence-corrected chi connectivity index (χ0v) is 12.3. The van der Waals surface area contributed by atoms with Crippen LogP contribution in [-0.4, -0.2) is 19.6 Å². The van der Waals surface area contributed by atoms with Gasteiger partial charge in [-0.3, -0.25) is 9.36 Å². The summed E-state index contributed by atoms with van der Waals surface area (Å²) in [6, 6.07) is 0.434. The van der Waals surface area contributed by atoms with E-state index in [-0.39, 0.29) is 0 Å². The number of fused-ring (bicyclic) bond motifs is 1. The molecule has 20 heavy (non-hydrogen) atoms. The molecule has 1 unspecified atom stereocenters. The monoisotopic (exact) mass is 273 g/mol. The van der Waals surface area contributed by atoms with E-state index >= 15 is 0 Å². The molecule has 0 aromatic carbocycles. The molecule has 1 atom stereocenters. The van der Waals surface area contributed by atoms with Gasteiger partial charge in [0.15, 0.2) is 0 Å². The average molecular weight is 273 g/mol. The standard InChI is InChI=1S/C15H23N5/c1-3-19-11-12(9-17-19)8-16-14-6-5-7-15-13(14)10-18-20(15)4-2/h9-11,14,16H,3-8H2,1-2H3. The molecule has 2 aromatic rings. The average Bonchev–Trinajstić information content (AvgIpc) is 3.11. The van der Waals surface area contributed by atoms with Gasteiger partial charge in [-0.15, -0.1) is 0 Å². The smallest absolute Gasteiger partial charge is 0.0540 e. The van der Waals surface area contributed by atoms with E-state index in [1.807, 2.05) is 17.1 Å². The van der Waals surface area contributed by atoms with Crippen LogP contribution in [0.5, 0.6) is 0 Å². The van der Waals surface area contributed by atoms with Gasteiger partial charge in [0.05, 0.1) is 12.4 Å². The van der Waals surface area contributed by atoms with Crippen LogP contribution >= 0.6 is 0 Å². The number of hydrogen-bond acceptors (Lipinski definition) is 3. The molecule has 0 fully saturated rings. The van der Waals surface area contributed by atoms with E-state index in [1.54, 1.807) is 0 Å². The van der Waals surface area contributed by atoms with Crippen LogP contribution in [0.3, 0.4) is 0 Å². The molecular weight excluding hydrogens is 250 g/mol. The first-order valence-electron chi connectivity index (χ1n) is 7.61. The van der Waals surface area contributed by atoms with E-state index < -0.39 is 0 Å². The molecule has 0 amide bonds. The Labute approximate surface area is 120 Å². The summed E-state index contributed by atoms with van der Waals surface area (Å²) in [6.45, 7) is 7.03. The van der Waals surface area contributed by atoms with Gasteiger partial charge in [-0.25, -0.2) is 0 Å². The van der Waals surface area contributed by atoms with Gasteiger partial charge in [0.1, 0.15) is 0 Å². The Morgan fingerprint density at radius 2 is 2.15 bits per heavy atom. The molecule has 1 N–H and O–H groups in total. The lowest BCUT2D eigenvalue weighted by Gasteiger charge is -2.24. The van der Waals surface area contributed by atoms with Crippen LogP contribution in [0, 0.1) is 0 Å². The molecule has 0 spiro atoms. The van der Waals surface area contributed by atoms with Crippen molar-refractivity contribution in [3.63, 3.8) is 0 Å². The van der Waals surface area contributed by atoms with Crippen LogP contribution in [0.15, 0.2) is 18.6 Å². The van der Waals surface area contributed by atoms with Gasteiger partial charge in [-0.2, -0.15) is 10.2 Å². The van der Waals surface area contributed by atoms with Crippen LogP contribution < -0.4 is 5.32 Å². The molecule has 0 bridgehead atoms. The van der Waals surface area contributed by atoms with Gasteiger partial charge in [-0.05, 0) is 33.1 Å². The second-order valence-electron chi connectivity index (χ2n) is 5.39. The first-order valence-corrected chi connectivity index (χ1v) is 7.61. The lowest BCUT2D eigenvalue weighted by molar-refractivity contribution is 0.448. The summed E-state index contributed by atoms with van der Waals surface area (Å²) in [5, 5.41) is 12.5. The lowest BCUT2D eigenvalue weighted by atomic mass is 9.93. The first kappa shape index (κ1) is 13.4. The fourth-order valence-electron chi connectivity index (χ4n) is 3.01. The van der Waals surface area contributed by atoms with Crippen LogP contribution in [0.25, 0.3) is 0 Å². The third-order valence-electron chi connectivity index (χ3n) is 4.13. The Balaban J connectivity index is 1.68. The molecule has 0 saturated carbocycles. The van der Waals surface area contributed by atoms with E-state index in [0.717, 1.165) is 26.1 Å². The third-order valence-corrected chi connectivity index (χ3v) is 4.13. The fourth-order valence-corrected chi connectivity index (χ4v) is 3.01. The summed E-state index contributed by atoms with van der Waals surface area (Å²) in [5.74, 6) is 0. The molecule has 3 rings (SSSR count). The van der Waals surface area contributed by atoms with E-state index in [9.17, 15) is 0 Å². The minimum Gasteiger partial charge on any atom is -0.306 e. The van der Waals surface area contributed by atoms with Gasteiger partial charge in [0.2, 0.25) is 0 Å². The zero-order chi connectivity index (χ0) is 13.9. The summed E-state index contributed by atoms with van der Waals surface area (Å²) in [5.41, 5.74) is 4.06. The Morgan fingerprint density at radius 3 is 2.90 bits per heavy atom. The van der Waals surface area contributed by atoms with Crippen molar-refractivity contribution in [1.29, 1.82) is 0 Å². The summed E-state index contributed by atoms with van der Waals surface area (Å²) in [6.07, 6.45) is 9.72. The molecule has 0 radical (unpaired) electrons. The molecule has 5 heteroatoms. The van der Waals surface area contributed by atoms with Crippen molar-refractivity contribution >= 4 is 0 Å². The molecule has 1 aliphatic rings. The van der Waals surface area contributed by atoms with Gasteiger partial charge < -0.3 is 5.32 Å². The van der Waals surface area contributed by atoms with Crippen LogP contribution in [0.1, 0.15) is 49.6 Å². The van der Waals surface area contributed by atoms with Gasteiger partial charge in [0, 0.05) is 48.7 Å². The maximum absolute atomic E-state index is 4.50. The summed E-state index contributed by atoms with van der Waals surface area (Å²) in [7, 11) is 0. The SMILES string of the molecule is CCn1cc(CNC2CCCc3c2cnn3CC)cn1. The highest BCUT2D eigenvalue weighted by atomic mass is 15.3. The number of aromatic nitrogens is 4. The number of nitrogens with one attached hydrogen (secondary N) is 1. The molecule has 2 heterocycles. The van der Waals surface area contributed by atoms with Crippen molar-refractivity contribution in [2.45, 2.75) is 58.8 Å². The van der Waals surface area contributed by atoms with Gasteiger partial charge in [0.25, 0.3) is 0 Å². The largest absolute Gasteiger partial charge is 0.306 e. The number of aryl methyl sites for hydroxylation is 2. The molecule has 0 saturated heterocycles. The van der Waals surface area contributed by atoms with Gasteiger partial charge in [-0.1, -0.05) is 0 Å². The highest BCUT2D eigenvalue weighted by Gasteiger charge is 2.23. The highest BCUT2D eigenvalue weighted by molar-refractivity contribution is 5.25. The van der Waals surface area contributed by atoms with Crippen molar-refractivity contribution in [1.82, 2.24) is 24.9 Å². The quantitative estimate of drug-likeness (QED) is 0.909. The summed E-state index contributed by atoms with van der Waals surface area (Å²) in [4.78, 5) is 0. The predicted molar refractivity (Wildman–Crippen MR) is 78.3 cm³/mol. The number of rotatable bonds is 5. The van der Waals surface area contributed by atoms with E-state index in [1.165, 1.54) is 29.7 Å². The molecule has 108 valence electrons. The predicted octanol–water partition coefficient (Wildman–Crippen LogP) is 2.29. The molecular formula is C15H23N5.